The highest BCUT2D eigenvalue weighted by Gasteiger charge is 2.52. The standard InChI is InChI=1S/C16H17F2N2O5P.C7H12O2/c1-26(25-11-5-3-2-4-6-11)23-10-12-9-16(17,18)14(24-12)20-8-7-13(21)19-15(20)22;1-5(2)6-3-4-9-7(6)8/h2-8,12,14H,9-10H2,1H3,(H,19,21,22);5-6H,3-4H2,1-2H3. The van der Waals surface area contributed by atoms with E-state index < -0.39 is 44.3 Å². The molecule has 0 saturated carbocycles. The van der Waals surface area contributed by atoms with E-state index in [9.17, 15) is 23.2 Å². The number of H-pyrrole nitrogens is 1. The van der Waals surface area contributed by atoms with E-state index in [1.165, 1.54) is 0 Å². The lowest BCUT2D eigenvalue weighted by atomic mass is 9.95. The fourth-order valence-corrected chi connectivity index (χ4v) is 4.52. The Morgan fingerprint density at radius 1 is 1.20 bits per heavy atom. The summed E-state index contributed by atoms with van der Waals surface area (Å²) in [5, 5.41) is 0. The van der Waals surface area contributed by atoms with Gasteiger partial charge in [-0.15, -0.1) is 0 Å². The molecule has 2 saturated heterocycles. The zero-order chi connectivity index (χ0) is 25.6. The maximum atomic E-state index is 14.2. The zero-order valence-electron chi connectivity index (χ0n) is 19.7. The second-order valence-corrected chi connectivity index (χ2v) is 9.86. The average Bonchev–Trinajstić information content (AvgIpc) is 3.36. The Labute approximate surface area is 202 Å². The number of alkyl halides is 2. The van der Waals surface area contributed by atoms with Crippen LogP contribution in [0.3, 0.4) is 0 Å². The zero-order valence-corrected chi connectivity index (χ0v) is 20.6. The van der Waals surface area contributed by atoms with Crippen LogP contribution < -0.4 is 15.8 Å². The van der Waals surface area contributed by atoms with Crippen LogP contribution in [0, 0.1) is 11.8 Å². The minimum Gasteiger partial charge on any atom is -0.465 e. The Morgan fingerprint density at radius 3 is 2.49 bits per heavy atom. The molecular formula is C23H29F2N2O7P. The van der Waals surface area contributed by atoms with Crippen LogP contribution in [0.5, 0.6) is 5.75 Å². The van der Waals surface area contributed by atoms with Crippen LogP contribution >= 0.6 is 8.38 Å². The van der Waals surface area contributed by atoms with Crippen molar-refractivity contribution in [3.63, 3.8) is 0 Å². The second-order valence-electron chi connectivity index (χ2n) is 8.54. The SMILES string of the molecule is CC(C)C1CCOC1=O.CP(OCC1CC(F)(F)C(n2ccc(=O)[nH]c2=O)O1)Oc1ccccc1. The van der Waals surface area contributed by atoms with E-state index >= 15 is 0 Å². The fraction of sp³-hybridized carbons (Fsp3) is 0.522. The third-order valence-corrected chi connectivity index (χ3v) is 6.47. The van der Waals surface area contributed by atoms with Crippen molar-refractivity contribution in [1.29, 1.82) is 0 Å². The highest BCUT2D eigenvalue weighted by Crippen LogP contribution is 2.43. The molecule has 0 aliphatic carbocycles. The molecule has 4 rings (SSSR count). The number of nitrogens with zero attached hydrogens (tertiary/aromatic N) is 1. The predicted molar refractivity (Wildman–Crippen MR) is 125 cm³/mol. The van der Waals surface area contributed by atoms with Gasteiger partial charge in [0.1, 0.15) is 5.75 Å². The third-order valence-electron chi connectivity index (χ3n) is 5.49. The van der Waals surface area contributed by atoms with Crippen LogP contribution in [0.25, 0.3) is 0 Å². The normalized spacial score (nSPS) is 23.9. The van der Waals surface area contributed by atoms with Crippen molar-refractivity contribution in [2.24, 2.45) is 11.8 Å². The Hall–Kier alpha value is -2.62. The van der Waals surface area contributed by atoms with Crippen LogP contribution in [0.15, 0.2) is 52.2 Å². The summed E-state index contributed by atoms with van der Waals surface area (Å²) in [5.74, 6) is -2.04. The van der Waals surface area contributed by atoms with Crippen molar-refractivity contribution < 1.29 is 32.1 Å². The molecule has 0 bridgehead atoms. The summed E-state index contributed by atoms with van der Waals surface area (Å²) in [6.07, 6.45) is -1.39. The van der Waals surface area contributed by atoms with Crippen molar-refractivity contribution in [1.82, 2.24) is 9.55 Å². The summed E-state index contributed by atoms with van der Waals surface area (Å²) in [6, 6.07) is 9.99. The number of esters is 1. The van der Waals surface area contributed by atoms with Crippen molar-refractivity contribution in [3.8, 4) is 5.75 Å². The number of hydrogen-bond acceptors (Lipinski definition) is 7. The number of halogens is 2. The van der Waals surface area contributed by atoms with Gasteiger partial charge in [-0.25, -0.2) is 13.6 Å². The molecule has 12 heteroatoms. The van der Waals surface area contributed by atoms with Gasteiger partial charge in [-0.05, 0) is 24.5 Å². The van der Waals surface area contributed by atoms with E-state index in [4.69, 9.17) is 18.5 Å². The maximum absolute atomic E-state index is 14.2. The van der Waals surface area contributed by atoms with Gasteiger partial charge < -0.3 is 18.5 Å². The van der Waals surface area contributed by atoms with Gasteiger partial charge >= 0.3 is 11.7 Å². The van der Waals surface area contributed by atoms with Gasteiger partial charge in [-0.1, -0.05) is 32.0 Å². The van der Waals surface area contributed by atoms with Gasteiger partial charge in [0.15, 0.2) is 0 Å². The number of carbonyl (C=O) groups is 1. The summed E-state index contributed by atoms with van der Waals surface area (Å²) in [4.78, 5) is 35.5. The highest BCUT2D eigenvalue weighted by atomic mass is 31.2. The molecule has 1 N–H and O–H groups in total. The van der Waals surface area contributed by atoms with Crippen LogP contribution in [0.4, 0.5) is 8.78 Å². The number of aromatic amines is 1. The van der Waals surface area contributed by atoms with Gasteiger partial charge in [-0.2, -0.15) is 0 Å². The third kappa shape index (κ3) is 7.43. The van der Waals surface area contributed by atoms with Gasteiger partial charge in [0, 0.05) is 25.3 Å². The molecule has 4 atom stereocenters. The lowest BCUT2D eigenvalue weighted by molar-refractivity contribution is -0.142. The van der Waals surface area contributed by atoms with Crippen LogP contribution in [0.2, 0.25) is 0 Å². The molecule has 2 aromatic rings. The van der Waals surface area contributed by atoms with Gasteiger partial charge in [0.2, 0.25) is 14.6 Å². The van der Waals surface area contributed by atoms with E-state index in [0.29, 0.717) is 22.8 Å². The number of rotatable bonds is 7. The fourth-order valence-electron chi connectivity index (χ4n) is 3.67. The second kappa shape index (κ2) is 11.9. The first-order chi connectivity index (χ1) is 16.6. The molecule has 4 unspecified atom stereocenters. The predicted octanol–water partition coefficient (Wildman–Crippen LogP) is 3.70. The topological polar surface area (TPSA) is 109 Å². The van der Waals surface area contributed by atoms with Crippen molar-refractivity contribution in [2.75, 3.05) is 19.9 Å². The Kier molecular flexibility index (Phi) is 9.15. The van der Waals surface area contributed by atoms with Gasteiger partial charge in [0.05, 0.1) is 25.2 Å². The Balaban J connectivity index is 0.000000320. The average molecular weight is 514 g/mol. The molecule has 35 heavy (non-hydrogen) atoms. The summed E-state index contributed by atoms with van der Waals surface area (Å²) >= 11 is 0. The molecule has 9 nitrogen and oxygen atoms in total. The molecule has 2 aliphatic rings. The molecular weight excluding hydrogens is 485 g/mol. The molecule has 0 radical (unpaired) electrons. The number of hydrogen-bond donors (Lipinski definition) is 1. The summed E-state index contributed by atoms with van der Waals surface area (Å²) in [6.45, 7) is 6.34. The number of aromatic nitrogens is 2. The van der Waals surface area contributed by atoms with E-state index in [1.807, 2.05) is 23.2 Å². The Morgan fingerprint density at radius 2 is 1.91 bits per heavy atom. The van der Waals surface area contributed by atoms with Crippen LogP contribution in [-0.2, 0) is 18.8 Å². The van der Waals surface area contributed by atoms with Crippen molar-refractivity contribution in [3.05, 3.63) is 63.4 Å². The quantitative estimate of drug-likeness (QED) is 0.443. The smallest absolute Gasteiger partial charge is 0.330 e. The molecule has 2 aliphatic heterocycles. The number of cyclic esters (lactones) is 1. The largest absolute Gasteiger partial charge is 0.465 e. The minimum atomic E-state index is -3.27. The summed E-state index contributed by atoms with van der Waals surface area (Å²) in [5.41, 5.74) is -1.61. The lowest BCUT2D eigenvalue weighted by Gasteiger charge is -2.19. The van der Waals surface area contributed by atoms with Crippen LogP contribution in [-0.4, -0.2) is 47.4 Å². The van der Waals surface area contributed by atoms with Crippen molar-refractivity contribution >= 4 is 14.3 Å². The first-order valence-electron chi connectivity index (χ1n) is 11.2. The number of nitrogens with one attached hydrogen (secondary N) is 1. The summed E-state index contributed by atoms with van der Waals surface area (Å²) < 4.78 is 50.3. The number of para-hydroxylation sites is 1. The molecule has 1 aromatic heterocycles. The van der Waals surface area contributed by atoms with Gasteiger partial charge in [0.25, 0.3) is 11.5 Å². The molecule has 2 fully saturated rings. The lowest BCUT2D eigenvalue weighted by Crippen LogP contribution is -2.37. The molecule has 192 valence electrons. The summed E-state index contributed by atoms with van der Waals surface area (Å²) in [7, 11) is -1.32. The van der Waals surface area contributed by atoms with E-state index in [-0.39, 0.29) is 18.5 Å². The molecule has 3 heterocycles. The van der Waals surface area contributed by atoms with Gasteiger partial charge in [-0.3, -0.25) is 19.1 Å². The van der Waals surface area contributed by atoms with E-state index in [0.717, 1.165) is 18.7 Å². The molecule has 0 spiro atoms. The number of carbonyl (C=O) groups excluding carboxylic acids is 1. The highest BCUT2D eigenvalue weighted by molar-refractivity contribution is 7.46. The maximum Gasteiger partial charge on any atom is 0.330 e. The van der Waals surface area contributed by atoms with Crippen molar-refractivity contribution in [2.45, 2.75) is 44.9 Å². The number of ether oxygens (including phenoxy) is 2. The first-order valence-corrected chi connectivity index (χ1v) is 12.8. The first kappa shape index (κ1) is 27.0. The van der Waals surface area contributed by atoms with Crippen LogP contribution in [0.1, 0.15) is 32.9 Å². The monoisotopic (exact) mass is 514 g/mol. The van der Waals surface area contributed by atoms with E-state index in [1.54, 1.807) is 18.8 Å². The molecule has 0 amide bonds. The minimum absolute atomic E-state index is 0.00926. The number of benzene rings is 1. The molecule has 1 aromatic carbocycles. The van der Waals surface area contributed by atoms with E-state index in [2.05, 4.69) is 13.8 Å². The Bertz CT molecular complexity index is 1090.